The second kappa shape index (κ2) is 7.59. The molecule has 0 aromatic heterocycles. The highest BCUT2D eigenvalue weighted by atomic mass is 127. The van der Waals surface area contributed by atoms with Crippen LogP contribution in [0.2, 0.25) is 0 Å². The van der Waals surface area contributed by atoms with Gasteiger partial charge in [-0.3, -0.25) is 0 Å². The van der Waals surface area contributed by atoms with Crippen molar-refractivity contribution in [2.45, 2.75) is 6.92 Å². The van der Waals surface area contributed by atoms with Crippen molar-refractivity contribution in [1.29, 1.82) is 0 Å². The number of hydrogen-bond donors (Lipinski definition) is 3. The number of aromatic hydroxyl groups is 1. The number of nitrogens with one attached hydrogen (secondary N) is 2. The van der Waals surface area contributed by atoms with E-state index in [-0.39, 0.29) is 5.75 Å². The summed E-state index contributed by atoms with van der Waals surface area (Å²) in [6.07, 6.45) is 1.50. The quantitative estimate of drug-likeness (QED) is 0.354. The lowest BCUT2D eigenvalue weighted by molar-refractivity contribution is 0.252. The number of anilines is 1. The third-order valence-electron chi connectivity index (χ3n) is 2.81. The second-order valence-electron chi connectivity index (χ2n) is 4.47. The van der Waals surface area contributed by atoms with Gasteiger partial charge in [-0.05, 0) is 74.8 Å². The van der Waals surface area contributed by atoms with Gasteiger partial charge in [-0.2, -0.15) is 5.10 Å². The van der Waals surface area contributed by atoms with Crippen LogP contribution in [0, 0.1) is 10.5 Å². The number of aryl methyl sites for hydroxylation is 1. The normalized spacial score (nSPS) is 10.7. The van der Waals surface area contributed by atoms with Crippen LogP contribution in [0.1, 0.15) is 11.1 Å². The van der Waals surface area contributed by atoms with Crippen LogP contribution in [0.5, 0.6) is 5.75 Å². The molecule has 2 aromatic rings. The molecule has 3 N–H and O–H groups in total. The molecule has 2 rings (SSSR count). The van der Waals surface area contributed by atoms with Crippen LogP contribution in [0.15, 0.2) is 46.0 Å². The molecular formula is C15H13BrIN3O2. The average molecular weight is 474 g/mol. The molecule has 22 heavy (non-hydrogen) atoms. The summed E-state index contributed by atoms with van der Waals surface area (Å²) in [6.45, 7) is 1.91. The average Bonchev–Trinajstić information content (AvgIpc) is 2.47. The molecule has 2 aromatic carbocycles. The first kappa shape index (κ1) is 16.8. The van der Waals surface area contributed by atoms with Crippen LogP contribution in [-0.4, -0.2) is 17.4 Å². The van der Waals surface area contributed by atoms with Gasteiger partial charge in [0.2, 0.25) is 0 Å². The van der Waals surface area contributed by atoms with Crippen LogP contribution >= 0.6 is 38.5 Å². The zero-order valence-corrected chi connectivity index (χ0v) is 15.3. The molecule has 5 nitrogen and oxygen atoms in total. The highest BCUT2D eigenvalue weighted by molar-refractivity contribution is 14.1. The van der Waals surface area contributed by atoms with Crippen molar-refractivity contribution in [3.05, 3.63) is 55.6 Å². The number of para-hydroxylation sites is 1. The smallest absolute Gasteiger partial charge is 0.339 e. The fourth-order valence-electron chi connectivity index (χ4n) is 1.69. The van der Waals surface area contributed by atoms with E-state index >= 15 is 0 Å². The van der Waals surface area contributed by atoms with Crippen LogP contribution in [0.3, 0.4) is 0 Å². The van der Waals surface area contributed by atoms with E-state index in [1.165, 1.54) is 6.21 Å². The Morgan fingerprint density at radius 1 is 1.36 bits per heavy atom. The Morgan fingerprint density at radius 2 is 2.09 bits per heavy atom. The van der Waals surface area contributed by atoms with Crippen LogP contribution in [0.25, 0.3) is 0 Å². The number of hydrogen-bond acceptors (Lipinski definition) is 3. The van der Waals surface area contributed by atoms with Crippen LogP contribution in [-0.2, 0) is 0 Å². The van der Waals surface area contributed by atoms with Crippen molar-refractivity contribution < 1.29 is 9.90 Å². The molecule has 0 fully saturated rings. The van der Waals surface area contributed by atoms with Crippen molar-refractivity contribution in [3.63, 3.8) is 0 Å². The van der Waals surface area contributed by atoms with E-state index in [9.17, 15) is 9.90 Å². The summed E-state index contributed by atoms with van der Waals surface area (Å²) in [6, 6.07) is 10.5. The number of benzene rings is 2. The molecule has 0 radical (unpaired) electrons. The molecule has 7 heteroatoms. The van der Waals surface area contributed by atoms with Crippen molar-refractivity contribution >= 4 is 56.5 Å². The largest absolute Gasteiger partial charge is 0.506 e. The maximum absolute atomic E-state index is 11.8. The van der Waals surface area contributed by atoms with E-state index in [1.54, 1.807) is 12.1 Å². The molecule has 0 atom stereocenters. The lowest BCUT2D eigenvalue weighted by Gasteiger charge is -2.07. The summed E-state index contributed by atoms with van der Waals surface area (Å²) in [5.74, 6) is 0.183. The van der Waals surface area contributed by atoms with E-state index in [1.807, 2.05) is 53.8 Å². The van der Waals surface area contributed by atoms with Gasteiger partial charge in [-0.25, -0.2) is 10.2 Å². The summed E-state index contributed by atoms with van der Waals surface area (Å²) in [4.78, 5) is 11.8. The number of phenolic OH excluding ortho intramolecular Hbond substituents is 1. The molecule has 0 unspecified atom stereocenters. The first-order chi connectivity index (χ1) is 10.5. The zero-order valence-electron chi connectivity index (χ0n) is 11.6. The Labute approximate surface area is 150 Å². The van der Waals surface area contributed by atoms with Crippen molar-refractivity contribution in [2.75, 3.05) is 5.32 Å². The maximum atomic E-state index is 11.8. The van der Waals surface area contributed by atoms with E-state index < -0.39 is 6.03 Å². The zero-order chi connectivity index (χ0) is 16.1. The number of carbonyl (C=O) groups excluding carboxylic acids is 1. The van der Waals surface area contributed by atoms with Crippen LogP contribution in [0.4, 0.5) is 10.5 Å². The van der Waals surface area contributed by atoms with Gasteiger partial charge in [0, 0.05) is 5.69 Å². The topological polar surface area (TPSA) is 73.7 Å². The van der Waals surface area contributed by atoms with Crippen molar-refractivity contribution in [2.24, 2.45) is 5.10 Å². The number of carbonyl (C=O) groups is 1. The van der Waals surface area contributed by atoms with Gasteiger partial charge in [-0.1, -0.05) is 18.2 Å². The molecule has 0 spiro atoms. The number of urea groups is 1. The van der Waals surface area contributed by atoms with Gasteiger partial charge in [0.15, 0.2) is 0 Å². The molecule has 0 saturated heterocycles. The standard InChI is InChI=1S/C15H13BrIN3O2/c1-9-4-2-3-5-13(9)19-15(22)20-18-8-10-6-11(16)14(21)12(17)7-10/h2-8,21H,1H3,(H2,19,20,22). The minimum absolute atomic E-state index is 0.183. The lowest BCUT2D eigenvalue weighted by atomic mass is 10.2. The fraction of sp³-hybridized carbons (Fsp3) is 0.0667. The molecule has 0 saturated carbocycles. The van der Waals surface area contributed by atoms with E-state index in [2.05, 4.69) is 31.8 Å². The van der Waals surface area contributed by atoms with Gasteiger partial charge in [0.25, 0.3) is 0 Å². The lowest BCUT2D eigenvalue weighted by Crippen LogP contribution is -2.24. The number of halogens is 2. The summed E-state index contributed by atoms with van der Waals surface area (Å²) in [7, 11) is 0. The van der Waals surface area contributed by atoms with Gasteiger partial charge >= 0.3 is 6.03 Å². The molecule has 0 bridgehead atoms. The van der Waals surface area contributed by atoms with E-state index in [0.29, 0.717) is 8.04 Å². The Balaban J connectivity index is 1.98. The SMILES string of the molecule is Cc1ccccc1NC(=O)NN=Cc1cc(Br)c(O)c(I)c1. The third kappa shape index (κ3) is 4.44. The van der Waals surface area contributed by atoms with E-state index in [0.717, 1.165) is 16.8 Å². The van der Waals surface area contributed by atoms with Gasteiger partial charge in [0.05, 0.1) is 14.3 Å². The van der Waals surface area contributed by atoms with E-state index in [4.69, 9.17) is 0 Å². The van der Waals surface area contributed by atoms with Crippen LogP contribution < -0.4 is 10.7 Å². The summed E-state index contributed by atoms with van der Waals surface area (Å²) >= 11 is 5.27. The predicted octanol–water partition coefficient (Wildman–Crippen LogP) is 4.22. The Kier molecular flexibility index (Phi) is 5.78. The number of phenols is 1. The Bertz CT molecular complexity index is 711. The third-order valence-corrected chi connectivity index (χ3v) is 4.24. The highest BCUT2D eigenvalue weighted by Gasteiger charge is 2.05. The van der Waals surface area contributed by atoms with Crippen molar-refractivity contribution in [3.8, 4) is 5.75 Å². The second-order valence-corrected chi connectivity index (χ2v) is 6.49. The Morgan fingerprint density at radius 3 is 2.77 bits per heavy atom. The molecule has 114 valence electrons. The maximum Gasteiger partial charge on any atom is 0.339 e. The predicted molar refractivity (Wildman–Crippen MR) is 99.5 cm³/mol. The first-order valence-electron chi connectivity index (χ1n) is 6.31. The number of nitrogens with zero attached hydrogens (tertiary/aromatic N) is 1. The number of amides is 2. The number of hydrazone groups is 1. The minimum atomic E-state index is -0.418. The van der Waals surface area contributed by atoms with Gasteiger partial charge in [0.1, 0.15) is 5.75 Å². The molecule has 0 aliphatic rings. The Hall–Kier alpha value is -1.61. The minimum Gasteiger partial charge on any atom is -0.506 e. The summed E-state index contributed by atoms with van der Waals surface area (Å²) < 4.78 is 1.27. The molecule has 0 aliphatic carbocycles. The van der Waals surface area contributed by atoms with Gasteiger partial charge in [-0.15, -0.1) is 0 Å². The molecule has 0 aliphatic heterocycles. The molecular weight excluding hydrogens is 461 g/mol. The fourth-order valence-corrected chi connectivity index (χ4v) is 3.19. The van der Waals surface area contributed by atoms with Gasteiger partial charge < -0.3 is 10.4 Å². The first-order valence-corrected chi connectivity index (χ1v) is 8.18. The van der Waals surface area contributed by atoms with Crippen molar-refractivity contribution in [1.82, 2.24) is 5.43 Å². The number of rotatable bonds is 3. The highest BCUT2D eigenvalue weighted by Crippen LogP contribution is 2.29. The summed E-state index contributed by atoms with van der Waals surface area (Å²) in [5.41, 5.74) is 4.86. The summed E-state index contributed by atoms with van der Waals surface area (Å²) in [5, 5.41) is 16.3. The molecule has 2 amide bonds. The monoisotopic (exact) mass is 473 g/mol. The molecule has 0 heterocycles.